The van der Waals surface area contributed by atoms with Crippen LogP contribution in [0.2, 0.25) is 0 Å². The normalized spacial score (nSPS) is 33.6. The van der Waals surface area contributed by atoms with E-state index >= 15 is 0 Å². The lowest BCUT2D eigenvalue weighted by molar-refractivity contribution is -0.0244. The lowest BCUT2D eigenvalue weighted by Crippen LogP contribution is -2.54. The molecule has 1 saturated heterocycles. The fourth-order valence-electron chi connectivity index (χ4n) is 2.56. The summed E-state index contributed by atoms with van der Waals surface area (Å²) in [6.07, 6.45) is 3.06. The van der Waals surface area contributed by atoms with Crippen LogP contribution in [-0.2, 0) is 14.8 Å². The van der Waals surface area contributed by atoms with Gasteiger partial charge in [0.1, 0.15) is 0 Å². The van der Waals surface area contributed by atoms with Gasteiger partial charge in [-0.25, -0.2) is 8.42 Å². The maximum absolute atomic E-state index is 12.2. The van der Waals surface area contributed by atoms with Crippen molar-refractivity contribution in [3.63, 3.8) is 0 Å². The number of ether oxygens (including phenoxy) is 1. The summed E-state index contributed by atoms with van der Waals surface area (Å²) < 4.78 is 31.7. The van der Waals surface area contributed by atoms with E-state index in [0.717, 1.165) is 19.3 Å². The van der Waals surface area contributed by atoms with Crippen LogP contribution in [0.25, 0.3) is 0 Å². The fraction of sp³-hybridized carbons (Fsp3) is 1.00. The van der Waals surface area contributed by atoms with E-state index < -0.39 is 15.3 Å². The van der Waals surface area contributed by atoms with Gasteiger partial charge in [0, 0.05) is 13.1 Å². The van der Waals surface area contributed by atoms with E-state index in [-0.39, 0.29) is 18.7 Å². The molecule has 0 spiro atoms. The Bertz CT molecular complexity index is 344. The Morgan fingerprint density at radius 2 is 2.25 bits per heavy atom. The molecule has 3 atom stereocenters. The van der Waals surface area contributed by atoms with E-state index in [2.05, 4.69) is 0 Å². The predicted molar refractivity (Wildman–Crippen MR) is 61.5 cm³/mol. The predicted octanol–water partition coefficient (Wildman–Crippen LogP) is -0.0833. The van der Waals surface area contributed by atoms with E-state index in [9.17, 15) is 8.42 Å². The van der Waals surface area contributed by atoms with E-state index in [1.807, 2.05) is 0 Å². The van der Waals surface area contributed by atoms with Crippen LogP contribution >= 0.6 is 0 Å². The Kier molecular flexibility index (Phi) is 3.53. The Morgan fingerprint density at radius 1 is 1.50 bits per heavy atom. The van der Waals surface area contributed by atoms with Gasteiger partial charge in [0.2, 0.25) is 10.0 Å². The summed E-state index contributed by atoms with van der Waals surface area (Å²) in [4.78, 5) is 0. The average Bonchev–Trinajstić information content (AvgIpc) is 2.75. The van der Waals surface area contributed by atoms with Gasteiger partial charge in [0.15, 0.2) is 0 Å². The first kappa shape index (κ1) is 12.3. The first-order valence-electron chi connectivity index (χ1n) is 5.89. The molecule has 1 aliphatic carbocycles. The Balaban J connectivity index is 2.19. The van der Waals surface area contributed by atoms with Gasteiger partial charge >= 0.3 is 0 Å². The molecule has 6 heteroatoms. The summed E-state index contributed by atoms with van der Waals surface area (Å²) in [5.41, 5.74) is 5.46. The van der Waals surface area contributed by atoms with Crippen LogP contribution < -0.4 is 5.73 Å². The van der Waals surface area contributed by atoms with Gasteiger partial charge in [-0.1, -0.05) is 0 Å². The van der Waals surface area contributed by atoms with Crippen molar-refractivity contribution in [1.29, 1.82) is 0 Å². The zero-order valence-corrected chi connectivity index (χ0v) is 10.4. The summed E-state index contributed by atoms with van der Waals surface area (Å²) in [6.45, 7) is 2.84. The van der Waals surface area contributed by atoms with Crippen molar-refractivity contribution in [2.45, 2.75) is 43.6 Å². The molecule has 0 bridgehead atoms. The van der Waals surface area contributed by atoms with Gasteiger partial charge in [-0.15, -0.1) is 0 Å². The number of hydrogen-bond acceptors (Lipinski definition) is 4. The molecule has 2 N–H and O–H groups in total. The van der Waals surface area contributed by atoms with Gasteiger partial charge in [0.25, 0.3) is 0 Å². The molecule has 5 nitrogen and oxygen atoms in total. The lowest BCUT2D eigenvalue weighted by atomic mass is 10.2. The van der Waals surface area contributed by atoms with Crippen LogP contribution in [0.5, 0.6) is 0 Å². The van der Waals surface area contributed by atoms with Crippen molar-refractivity contribution >= 4 is 10.0 Å². The molecule has 0 aromatic rings. The van der Waals surface area contributed by atoms with Crippen molar-refractivity contribution in [1.82, 2.24) is 4.31 Å². The van der Waals surface area contributed by atoms with Crippen LogP contribution in [0.15, 0.2) is 0 Å². The summed E-state index contributed by atoms with van der Waals surface area (Å²) >= 11 is 0. The van der Waals surface area contributed by atoms with Crippen molar-refractivity contribution < 1.29 is 13.2 Å². The largest absolute Gasteiger partial charge is 0.375 e. The smallest absolute Gasteiger partial charge is 0.218 e. The Labute approximate surface area is 97.0 Å². The average molecular weight is 248 g/mol. The minimum Gasteiger partial charge on any atom is -0.375 e. The van der Waals surface area contributed by atoms with Gasteiger partial charge in [0.05, 0.1) is 24.0 Å². The molecule has 16 heavy (non-hydrogen) atoms. The van der Waals surface area contributed by atoms with Crippen LogP contribution in [-0.4, -0.2) is 49.8 Å². The van der Waals surface area contributed by atoms with Crippen LogP contribution in [0.4, 0.5) is 0 Å². The number of hydrogen-bond donors (Lipinski definition) is 1. The van der Waals surface area contributed by atoms with E-state index in [0.29, 0.717) is 13.2 Å². The SMILES string of the molecule is CC(CN)S(=O)(=O)N1CCOC2CCCC21. The van der Waals surface area contributed by atoms with E-state index in [1.165, 1.54) is 0 Å². The molecule has 94 valence electrons. The summed E-state index contributed by atoms with van der Waals surface area (Å²) in [7, 11) is -3.24. The van der Waals surface area contributed by atoms with E-state index in [1.54, 1.807) is 11.2 Å². The third-order valence-corrected chi connectivity index (χ3v) is 5.91. The Morgan fingerprint density at radius 3 is 2.94 bits per heavy atom. The molecule has 2 rings (SSSR count). The van der Waals surface area contributed by atoms with Crippen molar-refractivity contribution in [3.05, 3.63) is 0 Å². The number of sulfonamides is 1. The maximum Gasteiger partial charge on any atom is 0.218 e. The Hall–Kier alpha value is -0.170. The van der Waals surface area contributed by atoms with E-state index in [4.69, 9.17) is 10.5 Å². The molecule has 0 radical (unpaired) electrons. The lowest BCUT2D eigenvalue weighted by Gasteiger charge is -2.37. The second-order valence-corrected chi connectivity index (χ2v) is 6.91. The summed E-state index contributed by atoms with van der Waals surface area (Å²) in [5.74, 6) is 0. The van der Waals surface area contributed by atoms with Gasteiger partial charge in [-0.2, -0.15) is 4.31 Å². The van der Waals surface area contributed by atoms with Crippen molar-refractivity contribution in [3.8, 4) is 0 Å². The van der Waals surface area contributed by atoms with Crippen LogP contribution in [0.1, 0.15) is 26.2 Å². The molecule has 1 aliphatic heterocycles. The van der Waals surface area contributed by atoms with Gasteiger partial charge in [-0.3, -0.25) is 0 Å². The highest BCUT2D eigenvalue weighted by molar-refractivity contribution is 7.89. The van der Waals surface area contributed by atoms with Crippen LogP contribution in [0.3, 0.4) is 0 Å². The van der Waals surface area contributed by atoms with Crippen molar-refractivity contribution in [2.24, 2.45) is 5.73 Å². The number of nitrogens with zero attached hydrogens (tertiary/aromatic N) is 1. The number of morpholine rings is 1. The minimum absolute atomic E-state index is 0.0488. The van der Waals surface area contributed by atoms with Gasteiger partial charge in [-0.05, 0) is 26.2 Å². The molecule has 0 amide bonds. The highest BCUT2D eigenvalue weighted by Gasteiger charge is 2.43. The molecule has 0 aromatic carbocycles. The molecule has 2 fully saturated rings. The molecule has 3 unspecified atom stereocenters. The first-order chi connectivity index (χ1) is 7.57. The second-order valence-electron chi connectivity index (χ2n) is 4.61. The summed E-state index contributed by atoms with van der Waals surface area (Å²) in [5, 5.41) is -0.494. The fourth-order valence-corrected chi connectivity index (χ4v) is 4.21. The topological polar surface area (TPSA) is 72.6 Å². The highest BCUT2D eigenvalue weighted by atomic mass is 32.2. The third-order valence-electron chi connectivity index (χ3n) is 3.60. The quantitative estimate of drug-likeness (QED) is 0.758. The zero-order valence-electron chi connectivity index (χ0n) is 9.63. The van der Waals surface area contributed by atoms with Gasteiger partial charge < -0.3 is 10.5 Å². The minimum atomic E-state index is -3.24. The second kappa shape index (κ2) is 4.60. The molecular weight excluding hydrogens is 228 g/mol. The van der Waals surface area contributed by atoms with Crippen molar-refractivity contribution in [2.75, 3.05) is 19.7 Å². The highest BCUT2D eigenvalue weighted by Crippen LogP contribution is 2.32. The zero-order chi connectivity index (χ0) is 11.8. The molecule has 1 heterocycles. The standard InChI is InChI=1S/C10H20N2O3S/c1-8(7-11)16(13,14)12-5-6-15-10-4-2-3-9(10)12/h8-10H,2-7,11H2,1H3. The maximum atomic E-state index is 12.2. The third kappa shape index (κ3) is 1.99. The summed E-state index contributed by atoms with van der Waals surface area (Å²) in [6, 6.07) is 0.0488. The molecule has 0 aromatic heterocycles. The molecular formula is C10H20N2O3S. The number of nitrogens with two attached hydrogens (primary N) is 1. The monoisotopic (exact) mass is 248 g/mol. The number of fused-ring (bicyclic) bond motifs is 1. The van der Waals surface area contributed by atoms with Crippen LogP contribution in [0, 0.1) is 0 Å². The number of rotatable bonds is 3. The first-order valence-corrected chi connectivity index (χ1v) is 7.40. The molecule has 2 aliphatic rings. The molecule has 1 saturated carbocycles.